The molecule has 2 rings (SSSR count). The van der Waals surface area contributed by atoms with Crippen LogP contribution in [0.3, 0.4) is 0 Å². The zero-order valence-corrected chi connectivity index (χ0v) is 12.0. The molecule has 0 radical (unpaired) electrons. The van der Waals surface area contributed by atoms with E-state index in [1.165, 1.54) is 16.7 Å². The summed E-state index contributed by atoms with van der Waals surface area (Å²) < 4.78 is 0. The highest BCUT2D eigenvalue weighted by Gasteiger charge is 2.13. The number of nitrogens with zero attached hydrogens (tertiary/aromatic N) is 3. The van der Waals surface area contributed by atoms with Crippen molar-refractivity contribution in [1.82, 2.24) is 25.9 Å². The van der Waals surface area contributed by atoms with E-state index in [1.807, 2.05) is 6.92 Å². The van der Waals surface area contributed by atoms with Gasteiger partial charge in [0.25, 0.3) is 0 Å². The molecule has 1 heterocycles. The van der Waals surface area contributed by atoms with E-state index in [0.717, 1.165) is 6.42 Å². The van der Waals surface area contributed by atoms with Gasteiger partial charge in [-0.15, -0.1) is 10.2 Å². The average Bonchev–Trinajstić information content (AvgIpc) is 2.89. The lowest BCUT2D eigenvalue weighted by Gasteiger charge is -2.10. The lowest BCUT2D eigenvalue weighted by molar-refractivity contribution is -0.121. The van der Waals surface area contributed by atoms with Crippen LogP contribution in [-0.2, 0) is 11.2 Å². The molecular formula is C14H19N5O. The van der Waals surface area contributed by atoms with Crippen molar-refractivity contribution in [2.75, 3.05) is 0 Å². The first-order valence-electron chi connectivity index (χ1n) is 6.64. The van der Waals surface area contributed by atoms with E-state index in [9.17, 15) is 4.79 Å². The molecule has 0 aliphatic rings. The fourth-order valence-electron chi connectivity index (χ4n) is 2.20. The van der Waals surface area contributed by atoms with Gasteiger partial charge in [-0.2, -0.15) is 5.21 Å². The Labute approximate surface area is 118 Å². The summed E-state index contributed by atoms with van der Waals surface area (Å²) >= 11 is 0. The second-order valence-electron chi connectivity index (χ2n) is 5.06. The Bertz CT molecular complexity index is 559. The topological polar surface area (TPSA) is 83.6 Å². The minimum atomic E-state index is -0.236. The fraction of sp³-hybridized carbons (Fsp3) is 0.429. The molecule has 20 heavy (non-hydrogen) atoms. The van der Waals surface area contributed by atoms with E-state index >= 15 is 0 Å². The molecule has 0 saturated heterocycles. The summed E-state index contributed by atoms with van der Waals surface area (Å²) in [7, 11) is 0. The summed E-state index contributed by atoms with van der Waals surface area (Å²) in [5, 5.41) is 16.4. The number of tetrazole rings is 1. The molecule has 2 N–H and O–H groups in total. The first-order valence-corrected chi connectivity index (χ1v) is 6.64. The molecule has 2 aromatic rings. The zero-order chi connectivity index (χ0) is 14.5. The number of hydrogen-bond donors (Lipinski definition) is 2. The highest BCUT2D eigenvalue weighted by Crippen LogP contribution is 2.11. The van der Waals surface area contributed by atoms with Gasteiger partial charge in [0.1, 0.15) is 0 Å². The summed E-state index contributed by atoms with van der Waals surface area (Å²) in [6.45, 7) is 5.96. The molecule has 0 spiro atoms. The average molecular weight is 273 g/mol. The van der Waals surface area contributed by atoms with Crippen molar-refractivity contribution in [3.05, 3.63) is 40.7 Å². The van der Waals surface area contributed by atoms with Gasteiger partial charge in [0, 0.05) is 6.42 Å². The Morgan fingerprint density at radius 1 is 1.30 bits per heavy atom. The van der Waals surface area contributed by atoms with Gasteiger partial charge in [0.05, 0.1) is 6.04 Å². The predicted molar refractivity (Wildman–Crippen MR) is 75.0 cm³/mol. The van der Waals surface area contributed by atoms with Gasteiger partial charge in [-0.25, -0.2) is 0 Å². The largest absolute Gasteiger partial charge is 0.346 e. The molecule has 0 bridgehead atoms. The number of nitrogens with one attached hydrogen (secondary N) is 2. The van der Waals surface area contributed by atoms with Crippen LogP contribution < -0.4 is 5.32 Å². The SMILES string of the molecule is Cc1cc(C)cc(CCC(=O)N[C@@H](C)c2nn[nH]n2)c1. The van der Waals surface area contributed by atoms with E-state index in [1.54, 1.807) is 0 Å². The summed E-state index contributed by atoms with van der Waals surface area (Å²) in [6.07, 6.45) is 1.18. The first kappa shape index (κ1) is 14.2. The van der Waals surface area contributed by atoms with E-state index < -0.39 is 0 Å². The molecule has 0 saturated carbocycles. The number of benzene rings is 1. The summed E-state index contributed by atoms with van der Waals surface area (Å²) in [4.78, 5) is 11.9. The third kappa shape index (κ3) is 3.88. The van der Waals surface area contributed by atoms with Crippen molar-refractivity contribution in [3.8, 4) is 0 Å². The summed E-state index contributed by atoms with van der Waals surface area (Å²) in [5.41, 5.74) is 3.63. The maximum absolute atomic E-state index is 11.9. The third-order valence-corrected chi connectivity index (χ3v) is 3.05. The van der Waals surface area contributed by atoms with Crippen LogP contribution in [-0.4, -0.2) is 26.5 Å². The number of carbonyl (C=O) groups excluding carboxylic acids is 1. The maximum Gasteiger partial charge on any atom is 0.220 e. The zero-order valence-electron chi connectivity index (χ0n) is 12.0. The molecular weight excluding hydrogens is 254 g/mol. The Morgan fingerprint density at radius 3 is 2.60 bits per heavy atom. The van der Waals surface area contributed by atoms with Crippen LogP contribution in [0.25, 0.3) is 0 Å². The molecule has 0 unspecified atom stereocenters. The molecule has 1 atom stereocenters. The molecule has 0 fully saturated rings. The molecule has 0 aliphatic carbocycles. The predicted octanol–water partition coefficient (Wildman–Crippen LogP) is 1.63. The van der Waals surface area contributed by atoms with Crippen molar-refractivity contribution < 1.29 is 4.79 Å². The van der Waals surface area contributed by atoms with Crippen molar-refractivity contribution in [2.24, 2.45) is 0 Å². The van der Waals surface area contributed by atoms with E-state index in [4.69, 9.17) is 0 Å². The van der Waals surface area contributed by atoms with Crippen molar-refractivity contribution in [1.29, 1.82) is 0 Å². The molecule has 1 aromatic carbocycles. The van der Waals surface area contributed by atoms with E-state index in [-0.39, 0.29) is 11.9 Å². The molecule has 6 nitrogen and oxygen atoms in total. The van der Waals surface area contributed by atoms with Crippen LogP contribution in [0.15, 0.2) is 18.2 Å². The number of hydrogen-bond acceptors (Lipinski definition) is 4. The normalized spacial score (nSPS) is 12.2. The molecule has 1 aromatic heterocycles. The second kappa shape index (κ2) is 6.27. The van der Waals surface area contributed by atoms with Gasteiger partial charge >= 0.3 is 0 Å². The Kier molecular flexibility index (Phi) is 4.45. The van der Waals surface area contributed by atoms with Gasteiger partial charge in [-0.1, -0.05) is 34.5 Å². The molecule has 106 valence electrons. The fourth-order valence-corrected chi connectivity index (χ4v) is 2.20. The number of aromatic nitrogens is 4. The minimum absolute atomic E-state index is 0.0125. The smallest absolute Gasteiger partial charge is 0.220 e. The van der Waals surface area contributed by atoms with Crippen molar-refractivity contribution >= 4 is 5.91 Å². The lowest BCUT2D eigenvalue weighted by atomic mass is 10.0. The van der Waals surface area contributed by atoms with Crippen LogP contribution >= 0.6 is 0 Å². The van der Waals surface area contributed by atoms with Crippen molar-refractivity contribution in [2.45, 2.75) is 39.7 Å². The van der Waals surface area contributed by atoms with Crippen LogP contribution in [0.5, 0.6) is 0 Å². The van der Waals surface area contributed by atoms with Gasteiger partial charge in [-0.05, 0) is 32.8 Å². The highest BCUT2D eigenvalue weighted by molar-refractivity contribution is 5.76. The third-order valence-electron chi connectivity index (χ3n) is 3.05. The van der Waals surface area contributed by atoms with Gasteiger partial charge in [0.2, 0.25) is 5.91 Å². The maximum atomic E-state index is 11.9. The Balaban J connectivity index is 1.86. The highest BCUT2D eigenvalue weighted by atomic mass is 16.1. The molecule has 1 amide bonds. The van der Waals surface area contributed by atoms with Crippen molar-refractivity contribution in [3.63, 3.8) is 0 Å². The van der Waals surface area contributed by atoms with E-state index in [2.05, 4.69) is 58.0 Å². The molecule has 6 heteroatoms. The lowest BCUT2D eigenvalue weighted by Crippen LogP contribution is -2.27. The van der Waals surface area contributed by atoms with Crippen LogP contribution in [0.1, 0.15) is 41.9 Å². The van der Waals surface area contributed by atoms with Crippen LogP contribution in [0.4, 0.5) is 0 Å². The number of amides is 1. The standard InChI is InChI=1S/C14H19N5O/c1-9-6-10(2)8-12(7-9)4-5-13(20)15-11(3)14-16-18-19-17-14/h6-8,11H,4-5H2,1-3H3,(H,15,20)(H,16,17,18,19)/t11-/m0/s1. The second-order valence-corrected chi connectivity index (χ2v) is 5.06. The first-order chi connectivity index (χ1) is 9.54. The number of aromatic amines is 1. The number of carbonyl (C=O) groups is 1. The number of aryl methyl sites for hydroxylation is 3. The summed E-state index contributed by atoms with van der Waals surface area (Å²) in [5.74, 6) is 0.478. The Hall–Kier alpha value is -2.24. The van der Waals surface area contributed by atoms with E-state index in [0.29, 0.717) is 12.2 Å². The monoisotopic (exact) mass is 273 g/mol. The van der Waals surface area contributed by atoms with Crippen LogP contribution in [0, 0.1) is 13.8 Å². The minimum Gasteiger partial charge on any atom is -0.346 e. The molecule has 0 aliphatic heterocycles. The number of rotatable bonds is 5. The van der Waals surface area contributed by atoms with Gasteiger partial charge in [0.15, 0.2) is 5.82 Å². The summed E-state index contributed by atoms with van der Waals surface area (Å²) in [6, 6.07) is 6.12. The van der Waals surface area contributed by atoms with Gasteiger partial charge in [-0.3, -0.25) is 4.79 Å². The van der Waals surface area contributed by atoms with Crippen LogP contribution in [0.2, 0.25) is 0 Å². The van der Waals surface area contributed by atoms with Gasteiger partial charge < -0.3 is 5.32 Å². The quantitative estimate of drug-likeness (QED) is 0.867. The number of H-pyrrole nitrogens is 1. The Morgan fingerprint density at radius 2 is 2.00 bits per heavy atom.